The van der Waals surface area contributed by atoms with Crippen molar-refractivity contribution in [2.75, 3.05) is 19.5 Å². The topological polar surface area (TPSA) is 91.9 Å². The van der Waals surface area contributed by atoms with Crippen LogP contribution in [0.15, 0.2) is 53.7 Å². The maximum absolute atomic E-state index is 13.0. The number of carbonyl (C=O) groups is 1. The Morgan fingerprint density at radius 2 is 1.86 bits per heavy atom. The van der Waals surface area contributed by atoms with Crippen molar-refractivity contribution >= 4 is 28.9 Å². The molecule has 0 aromatic heterocycles. The zero-order valence-corrected chi connectivity index (χ0v) is 16.5. The van der Waals surface area contributed by atoms with Crippen molar-refractivity contribution in [1.29, 1.82) is 0 Å². The first kappa shape index (κ1) is 19.5. The minimum absolute atomic E-state index is 0.0210. The second-order valence-electron chi connectivity index (χ2n) is 6.18. The Morgan fingerprint density at radius 3 is 2.50 bits per heavy atom. The molecule has 0 saturated carbocycles. The van der Waals surface area contributed by atoms with E-state index in [1.807, 2.05) is 0 Å². The lowest BCUT2D eigenvalue weighted by Gasteiger charge is -2.30. The van der Waals surface area contributed by atoms with E-state index in [9.17, 15) is 9.90 Å². The Hall–Kier alpha value is -3.26. The molecular formula is C20H21N3O4S. The summed E-state index contributed by atoms with van der Waals surface area (Å²) in [5, 5.41) is 19.3. The molecule has 0 aliphatic carbocycles. The standard InChI is InChI=1S/C20H21N3O4S/c1-11-17(19(25)22-13-5-7-14(26-2)8-6-13)18(23-20(28)21-11)12-4-9-15(24)16(10-12)27-3/h4-10,18,24H,1-3H3,(H,22,25)(H2,21,23,28)/t18-/m1/s1. The van der Waals surface area contributed by atoms with Gasteiger partial charge in [-0.05, 0) is 61.1 Å². The van der Waals surface area contributed by atoms with Gasteiger partial charge in [-0.2, -0.15) is 0 Å². The van der Waals surface area contributed by atoms with Crippen LogP contribution in [0, 0.1) is 0 Å². The zero-order valence-electron chi connectivity index (χ0n) is 15.7. The molecule has 28 heavy (non-hydrogen) atoms. The lowest BCUT2D eigenvalue weighted by Crippen LogP contribution is -2.45. The zero-order chi connectivity index (χ0) is 20.3. The van der Waals surface area contributed by atoms with Gasteiger partial charge >= 0.3 is 0 Å². The number of allylic oxidation sites excluding steroid dienone is 1. The fraction of sp³-hybridized carbons (Fsp3) is 0.200. The quantitative estimate of drug-likeness (QED) is 0.575. The summed E-state index contributed by atoms with van der Waals surface area (Å²) in [7, 11) is 3.05. The van der Waals surface area contributed by atoms with E-state index in [-0.39, 0.29) is 11.7 Å². The van der Waals surface area contributed by atoms with Crippen molar-refractivity contribution in [2.45, 2.75) is 13.0 Å². The summed E-state index contributed by atoms with van der Waals surface area (Å²) >= 11 is 5.26. The van der Waals surface area contributed by atoms with E-state index in [1.54, 1.807) is 50.4 Å². The van der Waals surface area contributed by atoms with Gasteiger partial charge in [0.2, 0.25) is 0 Å². The summed E-state index contributed by atoms with van der Waals surface area (Å²) in [5.74, 6) is 0.764. The number of ether oxygens (including phenoxy) is 2. The lowest BCUT2D eigenvalue weighted by molar-refractivity contribution is -0.113. The van der Waals surface area contributed by atoms with Crippen LogP contribution >= 0.6 is 12.2 Å². The molecule has 2 aromatic rings. The third-order valence-corrected chi connectivity index (χ3v) is 4.62. The number of phenolic OH excluding ortho intramolecular Hbond substituents is 1. The number of methoxy groups -OCH3 is 2. The van der Waals surface area contributed by atoms with Crippen molar-refractivity contribution in [3.63, 3.8) is 0 Å². The normalized spacial score (nSPS) is 16.1. The Labute approximate surface area is 168 Å². The van der Waals surface area contributed by atoms with Crippen molar-refractivity contribution in [3.8, 4) is 17.2 Å². The summed E-state index contributed by atoms with van der Waals surface area (Å²) in [6.07, 6.45) is 0. The van der Waals surface area contributed by atoms with Crippen LogP contribution in [0.25, 0.3) is 0 Å². The second kappa shape index (κ2) is 8.18. The first-order valence-corrected chi connectivity index (χ1v) is 8.94. The molecule has 1 aliphatic heterocycles. The number of aromatic hydroxyl groups is 1. The molecule has 0 saturated heterocycles. The van der Waals surface area contributed by atoms with Crippen LogP contribution in [-0.4, -0.2) is 30.3 Å². The Balaban J connectivity index is 1.93. The monoisotopic (exact) mass is 399 g/mol. The Morgan fingerprint density at radius 1 is 1.14 bits per heavy atom. The summed E-state index contributed by atoms with van der Waals surface area (Å²) in [6, 6.07) is 11.5. The van der Waals surface area contributed by atoms with Crippen molar-refractivity contribution in [2.24, 2.45) is 0 Å². The van der Waals surface area contributed by atoms with Gasteiger partial charge in [0.05, 0.1) is 25.8 Å². The number of nitrogens with one attached hydrogen (secondary N) is 3. The molecule has 0 radical (unpaired) electrons. The van der Waals surface area contributed by atoms with Gasteiger partial charge in [-0.1, -0.05) is 6.07 Å². The van der Waals surface area contributed by atoms with Gasteiger partial charge in [-0.25, -0.2) is 0 Å². The number of carbonyl (C=O) groups excluding carboxylic acids is 1. The average molecular weight is 399 g/mol. The minimum Gasteiger partial charge on any atom is -0.504 e. The first-order chi connectivity index (χ1) is 13.4. The van der Waals surface area contributed by atoms with Crippen LogP contribution in [-0.2, 0) is 4.79 Å². The summed E-state index contributed by atoms with van der Waals surface area (Å²) < 4.78 is 10.3. The van der Waals surface area contributed by atoms with E-state index < -0.39 is 6.04 Å². The summed E-state index contributed by atoms with van der Waals surface area (Å²) in [6.45, 7) is 1.79. The molecule has 0 fully saturated rings. The van der Waals surface area contributed by atoms with E-state index >= 15 is 0 Å². The average Bonchev–Trinajstić information content (AvgIpc) is 2.68. The summed E-state index contributed by atoms with van der Waals surface area (Å²) in [4.78, 5) is 13.0. The fourth-order valence-electron chi connectivity index (χ4n) is 2.99. The predicted molar refractivity (Wildman–Crippen MR) is 111 cm³/mol. The number of hydrogen-bond donors (Lipinski definition) is 4. The molecule has 1 atom stereocenters. The maximum Gasteiger partial charge on any atom is 0.255 e. The lowest BCUT2D eigenvalue weighted by atomic mass is 9.94. The van der Waals surface area contributed by atoms with Crippen LogP contribution in [0.2, 0.25) is 0 Å². The third kappa shape index (κ3) is 4.01. The highest BCUT2D eigenvalue weighted by atomic mass is 32.1. The van der Waals surface area contributed by atoms with Gasteiger partial charge in [0, 0.05) is 11.4 Å². The fourth-order valence-corrected chi connectivity index (χ4v) is 3.26. The van der Waals surface area contributed by atoms with E-state index in [0.717, 1.165) is 5.56 Å². The Bertz CT molecular complexity index is 941. The molecule has 7 nitrogen and oxygen atoms in total. The van der Waals surface area contributed by atoms with Gasteiger partial charge in [0.15, 0.2) is 16.6 Å². The molecule has 3 rings (SSSR count). The summed E-state index contributed by atoms with van der Waals surface area (Å²) in [5.41, 5.74) is 2.50. The molecule has 0 spiro atoms. The number of anilines is 1. The van der Waals surface area contributed by atoms with Gasteiger partial charge in [-0.15, -0.1) is 0 Å². The molecule has 2 aromatic carbocycles. The molecule has 146 valence electrons. The SMILES string of the molecule is COc1ccc(NC(=O)C2=C(C)NC(=S)N[C@@H]2c2ccc(O)c(OC)c2)cc1. The van der Waals surface area contributed by atoms with Crippen LogP contribution in [0.5, 0.6) is 17.2 Å². The maximum atomic E-state index is 13.0. The van der Waals surface area contributed by atoms with Gasteiger partial charge < -0.3 is 30.5 Å². The van der Waals surface area contributed by atoms with Gasteiger partial charge in [0.1, 0.15) is 5.75 Å². The van der Waals surface area contributed by atoms with E-state index in [0.29, 0.717) is 33.6 Å². The number of phenols is 1. The Kier molecular flexibility index (Phi) is 5.70. The third-order valence-electron chi connectivity index (χ3n) is 4.40. The minimum atomic E-state index is -0.499. The molecule has 1 amide bonds. The number of thiocarbonyl (C=S) groups is 1. The van der Waals surface area contributed by atoms with Crippen molar-refractivity contribution in [3.05, 3.63) is 59.3 Å². The number of amides is 1. The molecule has 1 aliphatic rings. The molecule has 8 heteroatoms. The smallest absolute Gasteiger partial charge is 0.255 e. The van der Waals surface area contributed by atoms with Crippen molar-refractivity contribution in [1.82, 2.24) is 10.6 Å². The highest BCUT2D eigenvalue weighted by molar-refractivity contribution is 7.80. The molecule has 0 unspecified atom stereocenters. The number of hydrogen-bond acceptors (Lipinski definition) is 5. The van der Waals surface area contributed by atoms with Crippen LogP contribution in [0.3, 0.4) is 0 Å². The van der Waals surface area contributed by atoms with Gasteiger partial charge in [0.25, 0.3) is 5.91 Å². The van der Waals surface area contributed by atoms with Crippen LogP contribution in [0.4, 0.5) is 5.69 Å². The molecule has 4 N–H and O–H groups in total. The first-order valence-electron chi connectivity index (χ1n) is 8.53. The van der Waals surface area contributed by atoms with E-state index in [4.69, 9.17) is 21.7 Å². The molecular weight excluding hydrogens is 378 g/mol. The van der Waals surface area contributed by atoms with Crippen molar-refractivity contribution < 1.29 is 19.4 Å². The number of rotatable bonds is 5. The number of benzene rings is 2. The van der Waals surface area contributed by atoms with Gasteiger partial charge in [-0.3, -0.25) is 4.79 Å². The largest absolute Gasteiger partial charge is 0.504 e. The van der Waals surface area contributed by atoms with Crippen LogP contribution in [0.1, 0.15) is 18.5 Å². The highest BCUT2D eigenvalue weighted by Gasteiger charge is 2.30. The molecule has 0 bridgehead atoms. The van der Waals surface area contributed by atoms with E-state index in [1.165, 1.54) is 13.2 Å². The highest BCUT2D eigenvalue weighted by Crippen LogP contribution is 2.33. The van der Waals surface area contributed by atoms with E-state index in [2.05, 4.69) is 16.0 Å². The second-order valence-corrected chi connectivity index (χ2v) is 6.59. The molecule has 1 heterocycles. The predicted octanol–water partition coefficient (Wildman–Crippen LogP) is 2.84. The van der Waals surface area contributed by atoms with Crippen LogP contribution < -0.4 is 25.4 Å².